The average Bonchev–Trinajstić information content (AvgIpc) is 2.53. The van der Waals surface area contributed by atoms with Gasteiger partial charge in [0.2, 0.25) is 5.78 Å². The first-order valence-electron chi connectivity index (χ1n) is 6.24. The molecule has 0 aliphatic heterocycles. The number of nitrogens with zero attached hydrogens (tertiary/aromatic N) is 1. The van der Waals surface area contributed by atoms with Crippen LogP contribution in [0.3, 0.4) is 0 Å². The van der Waals surface area contributed by atoms with Gasteiger partial charge in [0.05, 0.1) is 5.57 Å². The first-order valence-corrected chi connectivity index (χ1v) is 6.24. The normalized spacial score (nSPS) is 11.2. The molecule has 0 atom stereocenters. The highest BCUT2D eigenvalue weighted by molar-refractivity contribution is 6.11. The molecule has 0 aromatic heterocycles. The van der Waals surface area contributed by atoms with Crippen molar-refractivity contribution < 1.29 is 4.79 Å². The minimum atomic E-state index is -0.259. The molecule has 0 heterocycles. The summed E-state index contributed by atoms with van der Waals surface area (Å²) in [6.45, 7) is 0. The number of carbonyl (C=O) groups is 1. The molecule has 0 aliphatic carbocycles. The van der Waals surface area contributed by atoms with Gasteiger partial charge in [0.1, 0.15) is 6.07 Å². The van der Waals surface area contributed by atoms with Crippen LogP contribution in [-0.4, -0.2) is 5.78 Å². The first kappa shape index (κ1) is 13.5. The van der Waals surface area contributed by atoms with Gasteiger partial charge in [0, 0.05) is 5.56 Å². The molecular weight excluding hydrogens is 246 g/mol. The van der Waals surface area contributed by atoms with Gasteiger partial charge in [-0.3, -0.25) is 4.79 Å². The highest BCUT2D eigenvalue weighted by atomic mass is 16.1. The van der Waals surface area contributed by atoms with Gasteiger partial charge in [0.25, 0.3) is 0 Å². The van der Waals surface area contributed by atoms with Gasteiger partial charge in [-0.05, 0) is 11.6 Å². The number of allylic oxidation sites excluding steroid dienone is 3. The lowest BCUT2D eigenvalue weighted by Crippen LogP contribution is -2.00. The van der Waals surface area contributed by atoms with Gasteiger partial charge in [-0.1, -0.05) is 72.8 Å². The lowest BCUT2D eigenvalue weighted by molar-refractivity contribution is 0.103. The van der Waals surface area contributed by atoms with E-state index in [-0.39, 0.29) is 11.4 Å². The Hall–Kier alpha value is -2.92. The van der Waals surface area contributed by atoms with Gasteiger partial charge in [0.15, 0.2) is 0 Å². The van der Waals surface area contributed by atoms with E-state index in [2.05, 4.69) is 0 Å². The molecule has 0 N–H and O–H groups in total. The molecule has 0 amide bonds. The first-order chi connectivity index (χ1) is 9.81. The average molecular weight is 259 g/mol. The molecule has 20 heavy (non-hydrogen) atoms. The summed E-state index contributed by atoms with van der Waals surface area (Å²) in [5.74, 6) is -0.259. The van der Waals surface area contributed by atoms with E-state index in [9.17, 15) is 4.79 Å². The number of rotatable bonds is 4. The standard InChI is InChI=1S/C18H13NO/c19-14-17(18(20)16-11-5-2-6-12-16)13-7-10-15-8-3-1-4-9-15/h1-13H/b10-7+,17-13-. The maximum absolute atomic E-state index is 12.1. The van der Waals surface area contributed by atoms with E-state index in [1.807, 2.05) is 48.5 Å². The van der Waals surface area contributed by atoms with E-state index >= 15 is 0 Å². The second kappa shape index (κ2) is 6.86. The van der Waals surface area contributed by atoms with Crippen LogP contribution in [0.4, 0.5) is 0 Å². The number of Topliss-reactive ketones (excluding diaryl/α,β-unsaturated/α-hetero) is 1. The number of nitriles is 1. The fourth-order valence-corrected chi connectivity index (χ4v) is 1.73. The van der Waals surface area contributed by atoms with Crippen molar-refractivity contribution in [1.82, 2.24) is 0 Å². The molecule has 0 fully saturated rings. The van der Waals surface area contributed by atoms with E-state index in [0.717, 1.165) is 5.56 Å². The molecular formula is C18H13NO. The lowest BCUT2D eigenvalue weighted by atomic mass is 10.0. The predicted molar refractivity (Wildman–Crippen MR) is 79.9 cm³/mol. The van der Waals surface area contributed by atoms with Crippen LogP contribution in [-0.2, 0) is 0 Å². The zero-order chi connectivity index (χ0) is 14.2. The van der Waals surface area contributed by atoms with Crippen LogP contribution >= 0.6 is 0 Å². The van der Waals surface area contributed by atoms with Gasteiger partial charge in [-0.2, -0.15) is 5.26 Å². The lowest BCUT2D eigenvalue weighted by Gasteiger charge is -1.97. The third-order valence-electron chi connectivity index (χ3n) is 2.75. The van der Waals surface area contributed by atoms with Crippen LogP contribution in [0.5, 0.6) is 0 Å². The smallest absolute Gasteiger partial charge is 0.203 e. The van der Waals surface area contributed by atoms with Gasteiger partial charge in [-0.25, -0.2) is 0 Å². The van der Waals surface area contributed by atoms with Crippen molar-refractivity contribution in [3.8, 4) is 6.07 Å². The van der Waals surface area contributed by atoms with Crippen molar-refractivity contribution in [2.75, 3.05) is 0 Å². The second-order valence-corrected chi connectivity index (χ2v) is 4.16. The summed E-state index contributed by atoms with van der Waals surface area (Å²) in [6.07, 6.45) is 5.12. The van der Waals surface area contributed by atoms with Crippen LogP contribution in [0.25, 0.3) is 6.08 Å². The summed E-state index contributed by atoms with van der Waals surface area (Å²) in [7, 11) is 0. The Balaban J connectivity index is 2.17. The Morgan fingerprint density at radius 2 is 1.55 bits per heavy atom. The summed E-state index contributed by atoms with van der Waals surface area (Å²) in [5.41, 5.74) is 1.67. The van der Waals surface area contributed by atoms with Crippen LogP contribution in [0.1, 0.15) is 15.9 Å². The Morgan fingerprint density at radius 3 is 2.15 bits per heavy atom. The van der Waals surface area contributed by atoms with Crippen LogP contribution in [0, 0.1) is 11.3 Å². The SMILES string of the molecule is N#C/C(=C/C=C/c1ccccc1)C(=O)c1ccccc1. The van der Waals surface area contributed by atoms with E-state index in [1.165, 1.54) is 0 Å². The largest absolute Gasteiger partial charge is 0.288 e. The summed E-state index contributed by atoms with van der Waals surface area (Å²) < 4.78 is 0. The topological polar surface area (TPSA) is 40.9 Å². The van der Waals surface area contributed by atoms with Crippen LogP contribution < -0.4 is 0 Å². The van der Waals surface area contributed by atoms with Crippen molar-refractivity contribution in [3.63, 3.8) is 0 Å². The second-order valence-electron chi connectivity index (χ2n) is 4.16. The molecule has 2 aromatic rings. The molecule has 96 valence electrons. The molecule has 0 bridgehead atoms. The van der Waals surface area contributed by atoms with Crippen molar-refractivity contribution in [2.24, 2.45) is 0 Å². The molecule has 2 nitrogen and oxygen atoms in total. The maximum Gasteiger partial charge on any atom is 0.203 e. The number of carbonyl (C=O) groups excluding carboxylic acids is 1. The summed E-state index contributed by atoms with van der Waals surface area (Å²) >= 11 is 0. The van der Waals surface area contributed by atoms with Crippen molar-refractivity contribution >= 4 is 11.9 Å². The van der Waals surface area contributed by atoms with Crippen molar-refractivity contribution in [3.05, 3.63) is 89.5 Å². The van der Waals surface area contributed by atoms with E-state index < -0.39 is 0 Å². The third-order valence-corrected chi connectivity index (χ3v) is 2.75. The molecule has 0 spiro atoms. The monoisotopic (exact) mass is 259 g/mol. The Labute approximate surface area is 118 Å². The fourth-order valence-electron chi connectivity index (χ4n) is 1.73. The molecule has 2 aromatic carbocycles. The zero-order valence-electron chi connectivity index (χ0n) is 10.9. The summed E-state index contributed by atoms with van der Waals surface area (Å²) in [5, 5.41) is 9.08. The number of ketones is 1. The Morgan fingerprint density at radius 1 is 0.950 bits per heavy atom. The number of hydrogen-bond donors (Lipinski definition) is 0. The van der Waals surface area contributed by atoms with E-state index in [4.69, 9.17) is 5.26 Å². The third kappa shape index (κ3) is 3.54. The Bertz CT molecular complexity index is 676. The van der Waals surface area contributed by atoms with Crippen molar-refractivity contribution in [2.45, 2.75) is 0 Å². The van der Waals surface area contributed by atoms with Crippen molar-refractivity contribution in [1.29, 1.82) is 5.26 Å². The van der Waals surface area contributed by atoms with E-state index in [1.54, 1.807) is 36.4 Å². The molecule has 2 heteroatoms. The molecule has 0 saturated carbocycles. The van der Waals surface area contributed by atoms with E-state index in [0.29, 0.717) is 5.56 Å². The molecule has 0 radical (unpaired) electrons. The Kier molecular flexibility index (Phi) is 4.64. The number of hydrogen-bond acceptors (Lipinski definition) is 2. The zero-order valence-corrected chi connectivity index (χ0v) is 10.9. The predicted octanol–water partition coefficient (Wildman–Crippen LogP) is 4.03. The van der Waals surface area contributed by atoms with Gasteiger partial charge in [-0.15, -0.1) is 0 Å². The minimum Gasteiger partial charge on any atom is -0.288 e. The molecule has 2 rings (SSSR count). The number of benzene rings is 2. The molecule has 0 unspecified atom stereocenters. The highest BCUT2D eigenvalue weighted by Crippen LogP contribution is 2.08. The molecule has 0 aliphatic rings. The highest BCUT2D eigenvalue weighted by Gasteiger charge is 2.09. The quantitative estimate of drug-likeness (QED) is 0.360. The van der Waals surface area contributed by atoms with Gasteiger partial charge < -0.3 is 0 Å². The molecule has 0 saturated heterocycles. The summed E-state index contributed by atoms with van der Waals surface area (Å²) in [4.78, 5) is 12.1. The minimum absolute atomic E-state index is 0.128. The fraction of sp³-hybridized carbons (Fsp3) is 0. The maximum atomic E-state index is 12.1. The van der Waals surface area contributed by atoms with Crippen LogP contribution in [0.15, 0.2) is 78.4 Å². The van der Waals surface area contributed by atoms with Gasteiger partial charge >= 0.3 is 0 Å². The summed E-state index contributed by atoms with van der Waals surface area (Å²) in [6, 6.07) is 20.5. The van der Waals surface area contributed by atoms with Crippen LogP contribution in [0.2, 0.25) is 0 Å².